The highest BCUT2D eigenvalue weighted by Gasteiger charge is 2.29. The molecule has 0 amide bonds. The molecule has 0 atom stereocenters. The molecule has 4 aromatic rings. The average molecular weight is 408 g/mol. The van der Waals surface area contributed by atoms with E-state index in [1.54, 1.807) is 0 Å². The van der Waals surface area contributed by atoms with Crippen LogP contribution < -0.4 is 10.3 Å². The summed E-state index contributed by atoms with van der Waals surface area (Å²) in [6.45, 7) is 3.14. The first kappa shape index (κ1) is 19.4. The highest BCUT2D eigenvalue weighted by molar-refractivity contribution is 5.96. The summed E-state index contributed by atoms with van der Waals surface area (Å²) in [5, 5.41) is 0. The second-order valence-electron chi connectivity index (χ2n) is 7.90. The molecule has 0 bridgehead atoms. The molecule has 0 unspecified atom stereocenters. The van der Waals surface area contributed by atoms with Crippen molar-refractivity contribution < 1.29 is 4.74 Å². The first-order valence-electron chi connectivity index (χ1n) is 10.9. The first-order valence-corrected chi connectivity index (χ1v) is 10.9. The number of pyridine rings is 1. The number of aromatic nitrogens is 1. The van der Waals surface area contributed by atoms with Crippen molar-refractivity contribution in [2.45, 2.75) is 32.9 Å². The van der Waals surface area contributed by atoms with E-state index >= 15 is 0 Å². The first-order chi connectivity index (χ1) is 15.3. The Bertz CT molecular complexity index is 1270. The van der Waals surface area contributed by atoms with Gasteiger partial charge in [0.25, 0.3) is 5.56 Å². The maximum atomic E-state index is 13.8. The van der Waals surface area contributed by atoms with Crippen molar-refractivity contribution in [1.29, 1.82) is 0 Å². The van der Waals surface area contributed by atoms with Gasteiger partial charge in [0.05, 0.1) is 11.3 Å². The van der Waals surface area contributed by atoms with Crippen LogP contribution in [0.3, 0.4) is 0 Å². The summed E-state index contributed by atoms with van der Waals surface area (Å²) >= 11 is 0. The predicted molar refractivity (Wildman–Crippen MR) is 126 cm³/mol. The smallest absolute Gasteiger partial charge is 0.258 e. The van der Waals surface area contributed by atoms with E-state index < -0.39 is 0 Å². The molecule has 0 N–H and O–H groups in total. The molecule has 31 heavy (non-hydrogen) atoms. The van der Waals surface area contributed by atoms with Gasteiger partial charge in [-0.15, -0.1) is 0 Å². The standard InChI is InChI=1S/C28H25NO2/c1-2-3-18-29-27(21-14-8-5-9-15-21)25(20-12-6-4-7-13-20)26-22-16-10-11-17-24(22)31-19-23(26)28(29)30/h4-17H,2-3,18-19H2,1H3. The summed E-state index contributed by atoms with van der Waals surface area (Å²) in [6, 6.07) is 28.7. The van der Waals surface area contributed by atoms with E-state index in [4.69, 9.17) is 4.74 Å². The van der Waals surface area contributed by atoms with E-state index in [2.05, 4.69) is 49.4 Å². The molecular formula is C28H25NO2. The summed E-state index contributed by atoms with van der Waals surface area (Å²) in [5.74, 6) is 0.830. The van der Waals surface area contributed by atoms with Gasteiger partial charge in [0.1, 0.15) is 12.4 Å². The van der Waals surface area contributed by atoms with Gasteiger partial charge in [0.15, 0.2) is 0 Å². The van der Waals surface area contributed by atoms with Crippen molar-refractivity contribution >= 4 is 0 Å². The molecule has 1 aromatic heterocycles. The lowest BCUT2D eigenvalue weighted by Crippen LogP contribution is -2.29. The van der Waals surface area contributed by atoms with Crippen LogP contribution in [0.1, 0.15) is 25.3 Å². The Morgan fingerprint density at radius 1 is 0.806 bits per heavy atom. The van der Waals surface area contributed by atoms with Gasteiger partial charge < -0.3 is 9.30 Å². The van der Waals surface area contributed by atoms with Crippen molar-refractivity contribution in [2.75, 3.05) is 0 Å². The van der Waals surface area contributed by atoms with Crippen molar-refractivity contribution in [3.8, 4) is 39.3 Å². The fourth-order valence-corrected chi connectivity index (χ4v) is 4.47. The highest BCUT2D eigenvalue weighted by Crippen LogP contribution is 2.46. The molecule has 0 spiro atoms. The van der Waals surface area contributed by atoms with Crippen molar-refractivity contribution in [3.05, 3.63) is 101 Å². The maximum absolute atomic E-state index is 13.8. The Morgan fingerprint density at radius 3 is 2.16 bits per heavy atom. The van der Waals surface area contributed by atoms with Crippen molar-refractivity contribution in [3.63, 3.8) is 0 Å². The van der Waals surface area contributed by atoms with E-state index in [1.807, 2.05) is 47.0 Å². The molecule has 0 radical (unpaired) electrons. The van der Waals surface area contributed by atoms with E-state index in [0.717, 1.165) is 57.7 Å². The van der Waals surface area contributed by atoms with Crippen LogP contribution in [0, 0.1) is 0 Å². The van der Waals surface area contributed by atoms with Crippen LogP contribution in [0.5, 0.6) is 5.75 Å². The Morgan fingerprint density at radius 2 is 1.45 bits per heavy atom. The van der Waals surface area contributed by atoms with Crippen molar-refractivity contribution in [1.82, 2.24) is 4.57 Å². The second kappa shape index (κ2) is 8.27. The number of hydrogen-bond donors (Lipinski definition) is 0. The minimum atomic E-state index is 0.0523. The zero-order valence-corrected chi connectivity index (χ0v) is 17.7. The number of rotatable bonds is 5. The van der Waals surface area contributed by atoms with Crippen LogP contribution in [0.25, 0.3) is 33.5 Å². The van der Waals surface area contributed by atoms with Gasteiger partial charge in [-0.1, -0.05) is 92.2 Å². The number of ether oxygens (including phenoxy) is 1. The Kier molecular flexibility index (Phi) is 5.17. The summed E-state index contributed by atoms with van der Waals surface area (Å²) in [6.07, 6.45) is 1.97. The van der Waals surface area contributed by atoms with Gasteiger partial charge in [-0.2, -0.15) is 0 Å². The van der Waals surface area contributed by atoms with Crippen LogP contribution in [0.15, 0.2) is 89.7 Å². The third kappa shape index (κ3) is 3.36. The Hall–Kier alpha value is -3.59. The summed E-state index contributed by atoms with van der Waals surface area (Å²) in [4.78, 5) is 13.8. The van der Waals surface area contributed by atoms with Gasteiger partial charge >= 0.3 is 0 Å². The lowest BCUT2D eigenvalue weighted by molar-refractivity contribution is 0.299. The molecule has 0 saturated carbocycles. The Balaban J connectivity index is 1.95. The molecule has 3 heteroatoms. The molecule has 2 heterocycles. The topological polar surface area (TPSA) is 31.2 Å². The number of nitrogens with zero attached hydrogens (tertiary/aromatic N) is 1. The number of benzene rings is 3. The summed E-state index contributed by atoms with van der Waals surface area (Å²) < 4.78 is 7.98. The molecule has 0 aliphatic carbocycles. The van der Waals surface area contributed by atoms with Crippen LogP contribution >= 0.6 is 0 Å². The lowest BCUT2D eigenvalue weighted by Gasteiger charge is -2.28. The molecule has 5 rings (SSSR count). The molecule has 1 aliphatic heterocycles. The zero-order valence-electron chi connectivity index (χ0n) is 17.7. The summed E-state index contributed by atoms with van der Waals surface area (Å²) in [7, 11) is 0. The third-order valence-electron chi connectivity index (χ3n) is 5.94. The number of unbranched alkanes of at least 4 members (excludes halogenated alkanes) is 1. The molecule has 3 nitrogen and oxygen atoms in total. The van der Waals surface area contributed by atoms with Crippen LogP contribution in [0.4, 0.5) is 0 Å². The van der Waals surface area contributed by atoms with E-state index in [-0.39, 0.29) is 5.56 Å². The monoisotopic (exact) mass is 407 g/mol. The van der Waals surface area contributed by atoms with Gasteiger partial charge in [0, 0.05) is 23.2 Å². The van der Waals surface area contributed by atoms with E-state index in [0.29, 0.717) is 13.2 Å². The SMILES string of the molecule is CCCCn1c(-c2ccccc2)c(-c2ccccc2)c2c(c1=O)COc1ccccc1-2. The van der Waals surface area contributed by atoms with Gasteiger partial charge in [-0.05, 0) is 23.6 Å². The summed E-state index contributed by atoms with van der Waals surface area (Å²) in [5.41, 5.74) is 7.05. The van der Waals surface area contributed by atoms with E-state index in [1.165, 1.54) is 0 Å². The van der Waals surface area contributed by atoms with Gasteiger partial charge in [-0.25, -0.2) is 0 Å². The molecule has 0 saturated heterocycles. The second-order valence-corrected chi connectivity index (χ2v) is 7.90. The molecule has 0 fully saturated rings. The van der Waals surface area contributed by atoms with Crippen LogP contribution in [0.2, 0.25) is 0 Å². The molecule has 3 aromatic carbocycles. The maximum Gasteiger partial charge on any atom is 0.258 e. The third-order valence-corrected chi connectivity index (χ3v) is 5.94. The van der Waals surface area contributed by atoms with Gasteiger partial charge in [0.2, 0.25) is 0 Å². The minimum Gasteiger partial charge on any atom is -0.488 e. The Labute approximate surface area is 182 Å². The number of hydrogen-bond acceptors (Lipinski definition) is 2. The minimum absolute atomic E-state index is 0.0523. The fourth-order valence-electron chi connectivity index (χ4n) is 4.47. The quantitative estimate of drug-likeness (QED) is 0.376. The largest absolute Gasteiger partial charge is 0.488 e. The normalized spacial score (nSPS) is 12.0. The molecule has 1 aliphatic rings. The average Bonchev–Trinajstić information content (AvgIpc) is 2.84. The fraction of sp³-hybridized carbons (Fsp3) is 0.179. The molecule has 154 valence electrons. The van der Waals surface area contributed by atoms with Crippen molar-refractivity contribution in [2.24, 2.45) is 0 Å². The van der Waals surface area contributed by atoms with Crippen LogP contribution in [-0.4, -0.2) is 4.57 Å². The number of fused-ring (bicyclic) bond motifs is 3. The lowest BCUT2D eigenvalue weighted by atomic mass is 9.86. The predicted octanol–water partition coefficient (Wildman–Crippen LogP) is 6.54. The highest BCUT2D eigenvalue weighted by atomic mass is 16.5. The van der Waals surface area contributed by atoms with Gasteiger partial charge in [-0.3, -0.25) is 4.79 Å². The number of para-hydroxylation sites is 1. The zero-order chi connectivity index (χ0) is 21.2. The van der Waals surface area contributed by atoms with E-state index in [9.17, 15) is 4.79 Å². The van der Waals surface area contributed by atoms with Crippen LogP contribution in [-0.2, 0) is 13.2 Å². The molecular weight excluding hydrogens is 382 g/mol.